The maximum Gasteiger partial charge on any atom is -0.0126 e. The molecular weight excluding hydrogens is 516 g/mol. The molecule has 0 bridgehead atoms. The second-order valence-corrected chi connectivity index (χ2v) is 21.0. The minimum atomic E-state index is 0.0146. The summed E-state index contributed by atoms with van der Waals surface area (Å²) in [6, 6.07) is 7.43. The maximum absolute atomic E-state index is 2.55. The molecule has 0 nitrogen and oxygen atoms in total. The Morgan fingerprint density at radius 1 is 0.395 bits per heavy atom. The zero-order valence-corrected chi connectivity index (χ0v) is 33.0. The van der Waals surface area contributed by atoms with Crippen LogP contribution in [0.1, 0.15) is 208 Å². The molecule has 0 fully saturated rings. The topological polar surface area (TPSA) is 0 Å². The van der Waals surface area contributed by atoms with Gasteiger partial charge in [0.1, 0.15) is 0 Å². The van der Waals surface area contributed by atoms with Crippen LogP contribution in [0.5, 0.6) is 0 Å². The molecule has 0 amide bonds. The molecule has 0 radical (unpaired) electrons. The fraction of sp³-hybridized carbons (Fsp3) is 0.721. The highest BCUT2D eigenvalue weighted by atomic mass is 14.5. The van der Waals surface area contributed by atoms with Gasteiger partial charge in [0.15, 0.2) is 0 Å². The molecule has 0 heterocycles. The first kappa shape index (κ1) is 37.6. The van der Waals surface area contributed by atoms with Gasteiger partial charge in [-0.2, -0.15) is 0 Å². The Morgan fingerprint density at radius 2 is 0.698 bits per heavy atom. The Morgan fingerprint density at radius 3 is 0.977 bits per heavy atom. The number of rotatable bonds is 3. The molecule has 0 aliphatic rings. The maximum atomic E-state index is 2.55. The van der Waals surface area contributed by atoms with E-state index in [1.54, 1.807) is 33.4 Å². The molecule has 1 atom stereocenters. The monoisotopic (exact) mass is 589 g/mol. The summed E-state index contributed by atoms with van der Waals surface area (Å²) in [4.78, 5) is 0. The number of benzene rings is 2. The Hall–Kier alpha value is -1.56. The molecule has 244 valence electrons. The summed E-state index contributed by atoms with van der Waals surface area (Å²) in [6.07, 6.45) is 1.05. The molecule has 2 rings (SSSR count). The third-order valence-corrected chi connectivity index (χ3v) is 9.09. The predicted octanol–water partition coefficient (Wildman–Crippen LogP) is 13.1. The molecule has 0 aromatic heterocycles. The minimum Gasteiger partial charge on any atom is -0.0584 e. The van der Waals surface area contributed by atoms with E-state index in [9.17, 15) is 0 Å². The van der Waals surface area contributed by atoms with E-state index in [2.05, 4.69) is 171 Å². The highest BCUT2D eigenvalue weighted by Crippen LogP contribution is 2.52. The molecule has 0 saturated carbocycles. The van der Waals surface area contributed by atoms with Gasteiger partial charge in [-0.25, -0.2) is 0 Å². The lowest BCUT2D eigenvalue weighted by atomic mass is 9.58. The Bertz CT molecular complexity index is 1240. The lowest BCUT2D eigenvalue weighted by molar-refractivity contribution is 0.452. The van der Waals surface area contributed by atoms with Crippen LogP contribution in [0.4, 0.5) is 0 Å². The highest BCUT2D eigenvalue weighted by Gasteiger charge is 2.42. The Labute approximate surface area is 270 Å². The van der Waals surface area contributed by atoms with E-state index in [0.717, 1.165) is 6.42 Å². The zero-order valence-electron chi connectivity index (χ0n) is 33.0. The van der Waals surface area contributed by atoms with Crippen molar-refractivity contribution in [3.05, 3.63) is 68.3 Å². The van der Waals surface area contributed by atoms with E-state index < -0.39 is 0 Å². The van der Waals surface area contributed by atoms with Crippen LogP contribution < -0.4 is 0 Å². The van der Waals surface area contributed by atoms with Crippen LogP contribution >= 0.6 is 0 Å². The summed E-state index contributed by atoms with van der Waals surface area (Å²) in [5.74, 6) is 0.401. The number of hydrogen-bond donors (Lipinski definition) is 0. The van der Waals surface area contributed by atoms with E-state index in [1.165, 1.54) is 16.7 Å². The summed E-state index contributed by atoms with van der Waals surface area (Å²) in [5, 5.41) is 0. The van der Waals surface area contributed by atoms with E-state index in [-0.39, 0.29) is 37.9 Å². The second-order valence-electron chi connectivity index (χ2n) is 21.0. The standard InChI is InChI=1S/C43H72/c1-27(28-23-24-30(37(2,3)4)31(26-28)38(5,6)7)25-29-32(39(8,9)10)34(41(14,15)16)36(43(20,21)22)35(42(17,18)19)33(29)40(11,12)13/h23-24,26-27H,25H2,1-22H3. The van der Waals surface area contributed by atoms with Gasteiger partial charge < -0.3 is 0 Å². The van der Waals surface area contributed by atoms with Crippen LogP contribution in [0.15, 0.2) is 18.2 Å². The molecule has 0 N–H and O–H groups in total. The molecule has 0 aliphatic carbocycles. The third-order valence-electron chi connectivity index (χ3n) is 9.09. The second kappa shape index (κ2) is 11.4. The molecule has 0 heteroatoms. The van der Waals surface area contributed by atoms with Crippen molar-refractivity contribution in [3.8, 4) is 0 Å². The average Bonchev–Trinajstić information content (AvgIpc) is 2.72. The summed E-state index contributed by atoms with van der Waals surface area (Å²) >= 11 is 0. The van der Waals surface area contributed by atoms with Crippen LogP contribution in [-0.2, 0) is 44.3 Å². The van der Waals surface area contributed by atoms with E-state index in [4.69, 9.17) is 0 Å². The van der Waals surface area contributed by atoms with Crippen molar-refractivity contribution in [3.63, 3.8) is 0 Å². The number of hydrogen-bond acceptors (Lipinski definition) is 0. The van der Waals surface area contributed by atoms with E-state index >= 15 is 0 Å². The summed E-state index contributed by atoms with van der Waals surface area (Å²) < 4.78 is 0. The summed E-state index contributed by atoms with van der Waals surface area (Å²) in [5.41, 5.74) is 14.3. The summed E-state index contributed by atoms with van der Waals surface area (Å²) in [6.45, 7) is 53.4. The van der Waals surface area contributed by atoms with Crippen molar-refractivity contribution in [1.29, 1.82) is 0 Å². The Balaban J connectivity index is 3.21. The first-order valence-electron chi connectivity index (χ1n) is 17.1. The molecule has 0 spiro atoms. The Kier molecular flexibility index (Phi) is 9.93. The molecule has 1 unspecified atom stereocenters. The fourth-order valence-electron chi connectivity index (χ4n) is 7.48. The predicted molar refractivity (Wildman–Crippen MR) is 196 cm³/mol. The fourth-order valence-corrected chi connectivity index (χ4v) is 7.48. The molecule has 0 saturated heterocycles. The lowest BCUT2D eigenvalue weighted by Crippen LogP contribution is -2.37. The molecule has 0 aliphatic heterocycles. The molecule has 2 aromatic rings. The van der Waals surface area contributed by atoms with Gasteiger partial charge in [0.2, 0.25) is 0 Å². The minimum absolute atomic E-state index is 0.0146. The van der Waals surface area contributed by atoms with Crippen molar-refractivity contribution < 1.29 is 0 Å². The van der Waals surface area contributed by atoms with Crippen molar-refractivity contribution in [2.45, 2.75) is 203 Å². The van der Waals surface area contributed by atoms with Gasteiger partial charge in [-0.05, 0) is 100 Å². The van der Waals surface area contributed by atoms with Crippen LogP contribution in [0.25, 0.3) is 0 Å². The van der Waals surface area contributed by atoms with Crippen molar-refractivity contribution >= 4 is 0 Å². The van der Waals surface area contributed by atoms with Gasteiger partial charge in [-0.15, -0.1) is 0 Å². The highest BCUT2D eigenvalue weighted by molar-refractivity contribution is 5.63. The van der Waals surface area contributed by atoms with Gasteiger partial charge in [0.25, 0.3) is 0 Å². The largest absolute Gasteiger partial charge is 0.0584 e. The van der Waals surface area contributed by atoms with Gasteiger partial charge in [-0.1, -0.05) is 171 Å². The first-order chi connectivity index (χ1) is 18.7. The van der Waals surface area contributed by atoms with Crippen LogP contribution in [0.2, 0.25) is 0 Å². The normalized spacial score (nSPS) is 15.2. The molecule has 43 heavy (non-hydrogen) atoms. The quantitative estimate of drug-likeness (QED) is 0.334. The van der Waals surface area contributed by atoms with Gasteiger partial charge >= 0.3 is 0 Å². The van der Waals surface area contributed by atoms with E-state index in [0.29, 0.717) is 5.92 Å². The molecule has 2 aromatic carbocycles. The van der Waals surface area contributed by atoms with Gasteiger partial charge in [0.05, 0.1) is 0 Å². The summed E-state index contributed by atoms with van der Waals surface area (Å²) in [7, 11) is 0. The smallest absolute Gasteiger partial charge is 0.0126 e. The first-order valence-corrected chi connectivity index (χ1v) is 17.1. The third kappa shape index (κ3) is 8.19. The average molecular weight is 589 g/mol. The van der Waals surface area contributed by atoms with Crippen LogP contribution in [-0.4, -0.2) is 0 Å². The van der Waals surface area contributed by atoms with E-state index in [1.807, 2.05) is 0 Å². The van der Waals surface area contributed by atoms with Crippen molar-refractivity contribution in [2.24, 2.45) is 0 Å². The zero-order chi connectivity index (χ0) is 34.1. The van der Waals surface area contributed by atoms with Gasteiger partial charge in [-0.3, -0.25) is 0 Å². The SMILES string of the molecule is CC(Cc1c(C(C)(C)C)c(C(C)(C)C)c(C(C)(C)C)c(C(C)(C)C)c1C(C)(C)C)c1ccc(C(C)(C)C)c(C(C)(C)C)c1. The molecular formula is C43H72. The van der Waals surface area contributed by atoms with Crippen molar-refractivity contribution in [2.75, 3.05) is 0 Å². The van der Waals surface area contributed by atoms with Gasteiger partial charge in [0, 0.05) is 0 Å². The lowest BCUT2D eigenvalue weighted by Gasteiger charge is -2.46. The van der Waals surface area contributed by atoms with Crippen LogP contribution in [0.3, 0.4) is 0 Å². The van der Waals surface area contributed by atoms with Crippen molar-refractivity contribution in [1.82, 2.24) is 0 Å². The van der Waals surface area contributed by atoms with Crippen LogP contribution in [0, 0.1) is 0 Å².